The molecule has 2 amide bonds. The normalized spacial score (nSPS) is 22.5. The van der Waals surface area contributed by atoms with Gasteiger partial charge in [-0.3, -0.25) is 9.59 Å². The molecule has 3 rings (SSSR count). The number of carbonyl (C=O) groups is 3. The van der Waals surface area contributed by atoms with Crippen molar-refractivity contribution in [3.63, 3.8) is 0 Å². The molecule has 2 atom stereocenters. The number of nitrogens with one attached hydrogen (secondary N) is 1. The van der Waals surface area contributed by atoms with Crippen LogP contribution in [0, 0.1) is 11.8 Å². The van der Waals surface area contributed by atoms with Crippen molar-refractivity contribution < 1.29 is 34.2 Å². The van der Waals surface area contributed by atoms with Gasteiger partial charge >= 0.3 is 5.97 Å². The summed E-state index contributed by atoms with van der Waals surface area (Å²) >= 11 is 0. The van der Waals surface area contributed by atoms with Gasteiger partial charge in [-0.25, -0.2) is 4.79 Å². The van der Waals surface area contributed by atoms with Gasteiger partial charge in [0.05, 0.1) is 6.04 Å². The minimum atomic E-state index is -0.766. The van der Waals surface area contributed by atoms with Crippen molar-refractivity contribution >= 4 is 23.5 Å². The Morgan fingerprint density at radius 1 is 1.24 bits per heavy atom. The zero-order chi connectivity index (χ0) is 26.8. The van der Waals surface area contributed by atoms with Crippen LogP contribution in [0.1, 0.15) is 61.9 Å². The Bertz CT molecular complexity index is 1130. The third-order valence-electron chi connectivity index (χ3n) is 5.91. The van der Waals surface area contributed by atoms with E-state index in [0.717, 1.165) is 25.3 Å². The number of fused-ring (bicyclic) bond motifs is 1. The molecule has 2 aliphatic heterocycles. The second-order valence-electron chi connectivity index (χ2n) is 9.12. The van der Waals surface area contributed by atoms with Crippen LogP contribution < -0.4 is 5.32 Å². The number of cyclic esters (lactones) is 1. The molecule has 1 saturated heterocycles. The Balaban J connectivity index is 1.91. The Morgan fingerprint density at radius 2 is 2.00 bits per heavy atom. The zero-order valence-electron chi connectivity index (χ0n) is 21.2. The first kappa shape index (κ1) is 27.6. The molecule has 1 aromatic carbocycles. The number of carbonyl (C=O) groups excluding carboxylic acids is 3. The summed E-state index contributed by atoms with van der Waals surface area (Å²) in [5, 5.41) is 27.3. The number of piperidine rings is 1. The van der Waals surface area contributed by atoms with Gasteiger partial charge in [0.25, 0.3) is 5.91 Å². The minimum absolute atomic E-state index is 0.0771. The fraction of sp³-hybridized carbons (Fsp3) is 0.481. The van der Waals surface area contributed by atoms with E-state index in [1.807, 2.05) is 0 Å². The van der Waals surface area contributed by atoms with Gasteiger partial charge in [0.1, 0.15) is 28.9 Å². The fourth-order valence-electron chi connectivity index (χ4n) is 4.14. The van der Waals surface area contributed by atoms with E-state index in [0.29, 0.717) is 19.5 Å². The quantitative estimate of drug-likeness (QED) is 0.244. The highest BCUT2D eigenvalue weighted by atomic mass is 16.6. The lowest BCUT2D eigenvalue weighted by molar-refractivity contribution is -0.137. The molecule has 2 aliphatic rings. The third kappa shape index (κ3) is 8.56. The summed E-state index contributed by atoms with van der Waals surface area (Å²) in [4.78, 5) is 44.0. The number of ether oxygens (including phenoxy) is 1. The molecule has 2 heterocycles. The largest absolute Gasteiger partial charge is 0.508 e. The van der Waals surface area contributed by atoms with Gasteiger partial charge < -0.3 is 30.0 Å². The maximum Gasteiger partial charge on any atom is 0.342 e. The molecule has 0 radical (unpaired) electrons. The van der Waals surface area contributed by atoms with Crippen molar-refractivity contribution in [2.75, 3.05) is 19.7 Å². The summed E-state index contributed by atoms with van der Waals surface area (Å²) in [6.45, 7) is 4.22. The SMILES string of the molecule is CC(=O)N[C@H]1/C=C/CC(C)OC(=O)c2c(O)cc(O)cc2C/C(=N\OCC(=O)N2CCCCC2)C#CC1. The molecule has 198 valence electrons. The Labute approximate surface area is 216 Å². The van der Waals surface area contributed by atoms with E-state index < -0.39 is 17.8 Å². The number of phenolic OH excluding ortho intramolecular Hbond substituents is 2. The van der Waals surface area contributed by atoms with Gasteiger partial charge in [-0.2, -0.15) is 0 Å². The number of benzene rings is 1. The standard InChI is InChI=1S/C27H33N3O7/c1-18-8-6-9-21(28-19(2)31)10-7-11-22(29-36-17-25(34)30-12-4-3-5-13-30)14-20-15-23(32)16-24(33)26(20)27(35)37-18/h6,9,15-16,18,21,32-33H,3-5,8,10,12-14,17H2,1-2H3,(H,28,31)/b9-6+,29-22-/t18?,21-/m0/s1. The molecule has 0 bridgehead atoms. The molecule has 3 N–H and O–H groups in total. The summed E-state index contributed by atoms with van der Waals surface area (Å²) in [5.74, 6) is 4.00. The van der Waals surface area contributed by atoms with Crippen LogP contribution in [-0.4, -0.2) is 70.5 Å². The number of oxime groups is 1. The van der Waals surface area contributed by atoms with Crippen molar-refractivity contribution in [3.8, 4) is 23.3 Å². The predicted octanol–water partition coefficient (Wildman–Crippen LogP) is 2.43. The number of hydrogen-bond acceptors (Lipinski definition) is 8. The number of phenols is 2. The summed E-state index contributed by atoms with van der Waals surface area (Å²) in [6.07, 6.45) is 6.62. The second-order valence-corrected chi connectivity index (χ2v) is 9.12. The number of hydrogen-bond donors (Lipinski definition) is 3. The molecule has 10 heteroatoms. The van der Waals surface area contributed by atoms with Crippen LogP contribution in [0.5, 0.6) is 11.5 Å². The smallest absolute Gasteiger partial charge is 0.342 e. The van der Waals surface area contributed by atoms with Gasteiger partial charge in [-0.1, -0.05) is 23.2 Å². The van der Waals surface area contributed by atoms with Crippen molar-refractivity contribution in [1.29, 1.82) is 0 Å². The monoisotopic (exact) mass is 511 g/mol. The average Bonchev–Trinajstić information content (AvgIpc) is 2.82. The number of rotatable bonds is 4. The van der Waals surface area contributed by atoms with E-state index in [1.165, 1.54) is 13.0 Å². The van der Waals surface area contributed by atoms with E-state index in [9.17, 15) is 24.6 Å². The first-order chi connectivity index (χ1) is 17.7. The Hall–Kier alpha value is -4.00. The van der Waals surface area contributed by atoms with Crippen LogP contribution in [0.3, 0.4) is 0 Å². The molecule has 1 fully saturated rings. The molecule has 0 saturated carbocycles. The number of amides is 2. The molecule has 0 aliphatic carbocycles. The fourth-order valence-corrected chi connectivity index (χ4v) is 4.14. The highest BCUT2D eigenvalue weighted by molar-refractivity contribution is 6.04. The number of likely N-dealkylation sites (tertiary alicyclic amines) is 1. The van der Waals surface area contributed by atoms with Crippen molar-refractivity contribution in [1.82, 2.24) is 10.2 Å². The van der Waals surface area contributed by atoms with Crippen molar-refractivity contribution in [2.45, 2.75) is 64.5 Å². The van der Waals surface area contributed by atoms with Gasteiger partial charge in [-0.15, -0.1) is 0 Å². The lowest BCUT2D eigenvalue weighted by Gasteiger charge is -2.26. The van der Waals surface area contributed by atoms with Crippen LogP contribution in [0.25, 0.3) is 0 Å². The molecule has 10 nitrogen and oxygen atoms in total. The van der Waals surface area contributed by atoms with Gasteiger partial charge in [0, 0.05) is 45.3 Å². The zero-order valence-corrected chi connectivity index (χ0v) is 21.2. The molecular formula is C27H33N3O7. The van der Waals surface area contributed by atoms with Crippen LogP contribution in [0.15, 0.2) is 29.4 Å². The lowest BCUT2D eigenvalue weighted by Crippen LogP contribution is -2.37. The van der Waals surface area contributed by atoms with E-state index in [4.69, 9.17) is 9.57 Å². The maximum atomic E-state index is 12.9. The summed E-state index contributed by atoms with van der Waals surface area (Å²) < 4.78 is 5.50. The third-order valence-corrected chi connectivity index (χ3v) is 5.91. The molecule has 37 heavy (non-hydrogen) atoms. The van der Waals surface area contributed by atoms with E-state index in [-0.39, 0.29) is 59.9 Å². The number of nitrogens with zero attached hydrogens (tertiary/aromatic N) is 2. The van der Waals surface area contributed by atoms with Crippen LogP contribution in [0.4, 0.5) is 0 Å². The van der Waals surface area contributed by atoms with Crippen LogP contribution >= 0.6 is 0 Å². The summed E-state index contributed by atoms with van der Waals surface area (Å²) in [5.41, 5.74) is 0.293. The number of aromatic hydroxyl groups is 2. The average molecular weight is 512 g/mol. The van der Waals surface area contributed by atoms with Crippen LogP contribution in [0.2, 0.25) is 0 Å². The molecule has 0 aromatic heterocycles. The van der Waals surface area contributed by atoms with E-state index in [1.54, 1.807) is 24.0 Å². The lowest BCUT2D eigenvalue weighted by atomic mass is 10.00. The number of esters is 1. The van der Waals surface area contributed by atoms with Gasteiger partial charge in [0.15, 0.2) is 6.61 Å². The first-order valence-corrected chi connectivity index (χ1v) is 12.4. The van der Waals surface area contributed by atoms with E-state index in [2.05, 4.69) is 22.3 Å². The summed E-state index contributed by atoms with van der Waals surface area (Å²) in [6, 6.07) is 2.00. The molecule has 1 unspecified atom stereocenters. The Morgan fingerprint density at radius 3 is 2.73 bits per heavy atom. The van der Waals surface area contributed by atoms with Gasteiger partial charge in [0.2, 0.25) is 5.91 Å². The Kier molecular flexibility index (Phi) is 9.95. The van der Waals surface area contributed by atoms with Crippen LogP contribution in [-0.2, 0) is 25.6 Å². The highest BCUT2D eigenvalue weighted by Gasteiger charge is 2.23. The van der Waals surface area contributed by atoms with Crippen molar-refractivity contribution in [3.05, 3.63) is 35.4 Å². The first-order valence-electron chi connectivity index (χ1n) is 12.4. The maximum absolute atomic E-state index is 12.9. The topological polar surface area (TPSA) is 138 Å². The van der Waals surface area contributed by atoms with Gasteiger partial charge in [-0.05, 0) is 43.7 Å². The highest BCUT2D eigenvalue weighted by Crippen LogP contribution is 2.29. The second kappa shape index (κ2) is 13.3. The minimum Gasteiger partial charge on any atom is -0.508 e. The molecule has 1 aromatic rings. The summed E-state index contributed by atoms with van der Waals surface area (Å²) in [7, 11) is 0. The molecule has 0 spiro atoms. The van der Waals surface area contributed by atoms with E-state index >= 15 is 0 Å². The predicted molar refractivity (Wildman–Crippen MR) is 136 cm³/mol. The van der Waals surface area contributed by atoms with Crippen molar-refractivity contribution in [2.24, 2.45) is 5.16 Å². The molecular weight excluding hydrogens is 478 g/mol.